The number of nitrogens with one attached hydrogen (secondary N) is 2. The fourth-order valence-electron chi connectivity index (χ4n) is 2.61. The Morgan fingerprint density at radius 1 is 0.913 bits per heavy atom. The van der Waals surface area contributed by atoms with Crippen molar-refractivity contribution >= 4 is 11.6 Å². The maximum Gasteiger partial charge on any atom is 0.150 e. The molecule has 4 N–H and O–H groups in total. The van der Waals surface area contributed by atoms with Gasteiger partial charge >= 0.3 is 0 Å². The summed E-state index contributed by atoms with van der Waals surface area (Å²) in [7, 11) is 0. The number of rotatable bonds is 3. The SMILES string of the molecule is Nc1ncnc2c1C(c1ccc(Oc3ccccc3)cc1)NN2. The molecule has 1 atom stereocenters. The Kier molecular flexibility index (Phi) is 3.29. The molecule has 3 aromatic rings. The molecular weight excluding hydrogens is 290 g/mol. The summed E-state index contributed by atoms with van der Waals surface area (Å²) < 4.78 is 5.80. The molecule has 1 aliphatic rings. The van der Waals surface area contributed by atoms with E-state index >= 15 is 0 Å². The molecule has 1 aliphatic heterocycles. The van der Waals surface area contributed by atoms with Crippen LogP contribution in [0, 0.1) is 0 Å². The van der Waals surface area contributed by atoms with E-state index in [2.05, 4.69) is 20.8 Å². The van der Waals surface area contributed by atoms with Gasteiger partial charge in [0.2, 0.25) is 0 Å². The second-order valence-corrected chi connectivity index (χ2v) is 5.21. The maximum atomic E-state index is 5.98. The smallest absolute Gasteiger partial charge is 0.150 e. The molecule has 23 heavy (non-hydrogen) atoms. The lowest BCUT2D eigenvalue weighted by Crippen LogP contribution is -2.20. The van der Waals surface area contributed by atoms with Gasteiger partial charge in [0, 0.05) is 0 Å². The summed E-state index contributed by atoms with van der Waals surface area (Å²) in [4.78, 5) is 8.24. The molecule has 0 spiro atoms. The molecular formula is C17H15N5O. The molecule has 0 radical (unpaired) electrons. The van der Waals surface area contributed by atoms with E-state index in [1.807, 2.05) is 54.6 Å². The molecule has 0 fully saturated rings. The van der Waals surface area contributed by atoms with Gasteiger partial charge in [0.15, 0.2) is 5.82 Å². The first-order chi connectivity index (χ1) is 11.3. The number of nitrogens with zero attached hydrogens (tertiary/aromatic N) is 2. The van der Waals surface area contributed by atoms with E-state index in [1.54, 1.807) is 0 Å². The van der Waals surface area contributed by atoms with E-state index in [1.165, 1.54) is 6.33 Å². The van der Waals surface area contributed by atoms with Crippen LogP contribution < -0.4 is 21.3 Å². The molecule has 2 heterocycles. The van der Waals surface area contributed by atoms with Crippen LogP contribution in [-0.2, 0) is 0 Å². The monoisotopic (exact) mass is 305 g/mol. The van der Waals surface area contributed by atoms with Crippen molar-refractivity contribution in [2.75, 3.05) is 11.2 Å². The third kappa shape index (κ3) is 2.56. The molecule has 114 valence electrons. The first-order valence-corrected chi connectivity index (χ1v) is 7.26. The van der Waals surface area contributed by atoms with E-state index in [0.29, 0.717) is 11.6 Å². The lowest BCUT2D eigenvalue weighted by atomic mass is 10.0. The first kappa shape index (κ1) is 13.5. The molecule has 1 aromatic heterocycles. The summed E-state index contributed by atoms with van der Waals surface area (Å²) in [5.74, 6) is 2.78. The summed E-state index contributed by atoms with van der Waals surface area (Å²) in [6.45, 7) is 0. The van der Waals surface area contributed by atoms with Gasteiger partial charge in [-0.3, -0.25) is 0 Å². The first-order valence-electron chi connectivity index (χ1n) is 7.26. The van der Waals surface area contributed by atoms with Crippen molar-refractivity contribution in [3.63, 3.8) is 0 Å². The average molecular weight is 305 g/mol. The molecule has 4 rings (SSSR count). The second kappa shape index (κ2) is 5.58. The normalized spacial score (nSPS) is 15.7. The van der Waals surface area contributed by atoms with Crippen LogP contribution in [-0.4, -0.2) is 9.97 Å². The number of benzene rings is 2. The quantitative estimate of drug-likeness (QED) is 0.690. The average Bonchev–Trinajstić information content (AvgIpc) is 3.02. The fraction of sp³-hybridized carbons (Fsp3) is 0.0588. The number of ether oxygens (including phenoxy) is 1. The summed E-state index contributed by atoms with van der Waals surface area (Å²) in [5.41, 5.74) is 14.1. The zero-order valence-electron chi connectivity index (χ0n) is 12.2. The molecule has 0 aliphatic carbocycles. The minimum absolute atomic E-state index is 0.0861. The highest BCUT2D eigenvalue weighted by Crippen LogP contribution is 2.35. The highest BCUT2D eigenvalue weighted by Gasteiger charge is 2.27. The van der Waals surface area contributed by atoms with Gasteiger partial charge in [-0.2, -0.15) is 0 Å². The van der Waals surface area contributed by atoms with Gasteiger partial charge in [-0.05, 0) is 29.8 Å². The molecule has 0 saturated heterocycles. The molecule has 2 aromatic carbocycles. The number of hydrogen-bond donors (Lipinski definition) is 3. The van der Waals surface area contributed by atoms with E-state index < -0.39 is 0 Å². The summed E-state index contributed by atoms with van der Waals surface area (Å²) in [5, 5.41) is 0. The van der Waals surface area contributed by atoms with E-state index in [-0.39, 0.29) is 6.04 Å². The fourth-order valence-corrected chi connectivity index (χ4v) is 2.61. The van der Waals surface area contributed by atoms with Crippen molar-refractivity contribution in [1.29, 1.82) is 0 Å². The van der Waals surface area contributed by atoms with Crippen molar-refractivity contribution in [1.82, 2.24) is 15.4 Å². The molecule has 0 amide bonds. The van der Waals surface area contributed by atoms with Crippen molar-refractivity contribution in [3.05, 3.63) is 72.1 Å². The number of anilines is 2. The maximum absolute atomic E-state index is 5.98. The van der Waals surface area contributed by atoms with Crippen LogP contribution in [0.5, 0.6) is 11.5 Å². The number of hydrazine groups is 1. The molecule has 6 heteroatoms. The summed E-state index contributed by atoms with van der Waals surface area (Å²) >= 11 is 0. The Balaban J connectivity index is 1.58. The number of nitrogen functional groups attached to an aromatic ring is 1. The van der Waals surface area contributed by atoms with Crippen LogP contribution in [0.1, 0.15) is 17.2 Å². The lowest BCUT2D eigenvalue weighted by Gasteiger charge is -2.13. The topological polar surface area (TPSA) is 85.1 Å². The van der Waals surface area contributed by atoms with Crippen LogP contribution in [0.25, 0.3) is 0 Å². The predicted octanol–water partition coefficient (Wildman–Crippen LogP) is 2.87. The van der Waals surface area contributed by atoms with Gasteiger partial charge in [0.25, 0.3) is 0 Å². The minimum atomic E-state index is -0.0861. The van der Waals surface area contributed by atoms with Gasteiger partial charge < -0.3 is 15.9 Å². The highest BCUT2D eigenvalue weighted by molar-refractivity contribution is 5.62. The number of para-hydroxylation sites is 1. The van der Waals surface area contributed by atoms with Crippen LogP contribution in [0.15, 0.2) is 60.9 Å². The van der Waals surface area contributed by atoms with Crippen LogP contribution >= 0.6 is 0 Å². The van der Waals surface area contributed by atoms with Gasteiger partial charge in [0.1, 0.15) is 23.6 Å². The van der Waals surface area contributed by atoms with Crippen molar-refractivity contribution in [3.8, 4) is 11.5 Å². The molecule has 1 unspecified atom stereocenters. The lowest BCUT2D eigenvalue weighted by molar-refractivity contribution is 0.482. The third-order valence-electron chi connectivity index (χ3n) is 3.73. The van der Waals surface area contributed by atoms with Crippen molar-refractivity contribution < 1.29 is 4.74 Å². The van der Waals surface area contributed by atoms with Crippen LogP contribution in [0.2, 0.25) is 0 Å². The summed E-state index contributed by atoms with van der Waals surface area (Å²) in [6, 6.07) is 17.5. The van der Waals surface area contributed by atoms with Crippen molar-refractivity contribution in [2.45, 2.75) is 6.04 Å². The van der Waals surface area contributed by atoms with Gasteiger partial charge in [-0.25, -0.2) is 15.4 Å². The Hall–Kier alpha value is -3.12. The molecule has 0 bridgehead atoms. The Labute approximate surface area is 133 Å². The predicted molar refractivity (Wildman–Crippen MR) is 88.0 cm³/mol. The highest BCUT2D eigenvalue weighted by atomic mass is 16.5. The van der Waals surface area contributed by atoms with Crippen molar-refractivity contribution in [2.24, 2.45) is 0 Å². The van der Waals surface area contributed by atoms with Crippen LogP contribution in [0.3, 0.4) is 0 Å². The Morgan fingerprint density at radius 3 is 2.43 bits per heavy atom. The van der Waals surface area contributed by atoms with Gasteiger partial charge in [0.05, 0.1) is 11.6 Å². The van der Waals surface area contributed by atoms with E-state index in [9.17, 15) is 0 Å². The molecule has 6 nitrogen and oxygen atoms in total. The largest absolute Gasteiger partial charge is 0.457 e. The zero-order valence-corrected chi connectivity index (χ0v) is 12.2. The minimum Gasteiger partial charge on any atom is -0.457 e. The Morgan fingerprint density at radius 2 is 1.65 bits per heavy atom. The number of aromatic nitrogens is 2. The summed E-state index contributed by atoms with van der Waals surface area (Å²) in [6.07, 6.45) is 1.45. The number of nitrogens with two attached hydrogens (primary N) is 1. The van der Waals surface area contributed by atoms with E-state index in [4.69, 9.17) is 10.5 Å². The standard InChI is InChI=1S/C17H15N5O/c18-16-14-15(21-22-17(14)20-10-19-16)11-6-8-13(9-7-11)23-12-4-2-1-3-5-12/h1-10,15,21H,(H3,18,19,20,22). The second-order valence-electron chi connectivity index (χ2n) is 5.21. The zero-order chi connectivity index (χ0) is 15.6. The number of fused-ring (bicyclic) bond motifs is 1. The molecule has 0 saturated carbocycles. The van der Waals surface area contributed by atoms with E-state index in [0.717, 1.165) is 22.6 Å². The third-order valence-corrected chi connectivity index (χ3v) is 3.73. The van der Waals surface area contributed by atoms with Gasteiger partial charge in [-0.1, -0.05) is 30.3 Å². The van der Waals surface area contributed by atoms with Crippen LogP contribution in [0.4, 0.5) is 11.6 Å². The number of hydrogen-bond acceptors (Lipinski definition) is 6. The van der Waals surface area contributed by atoms with Gasteiger partial charge in [-0.15, -0.1) is 0 Å². The Bertz CT molecular complexity index is 820.